The van der Waals surface area contributed by atoms with Crippen LogP contribution in [-0.2, 0) is 9.53 Å². The van der Waals surface area contributed by atoms with Gasteiger partial charge in [-0.2, -0.15) is 0 Å². The van der Waals surface area contributed by atoms with Crippen LogP contribution in [0.15, 0.2) is 75.8 Å². The molecule has 2 aromatic carbocycles. The van der Waals surface area contributed by atoms with Crippen molar-refractivity contribution < 1.29 is 14.3 Å². The van der Waals surface area contributed by atoms with E-state index in [1.165, 1.54) is 11.3 Å². The van der Waals surface area contributed by atoms with Crippen molar-refractivity contribution in [3.8, 4) is 5.75 Å². The summed E-state index contributed by atoms with van der Waals surface area (Å²) in [7, 11) is 0. The average molecular weight is 530 g/mol. The Morgan fingerprint density at radius 2 is 1.84 bits per heavy atom. The van der Waals surface area contributed by atoms with Gasteiger partial charge in [0.15, 0.2) is 4.80 Å². The highest BCUT2D eigenvalue weighted by Gasteiger charge is 2.35. The number of nitrogens with zero attached hydrogens (tertiary/aromatic N) is 3. The quantitative estimate of drug-likeness (QED) is 0.325. The van der Waals surface area contributed by atoms with Gasteiger partial charge in [-0.15, -0.1) is 0 Å². The average Bonchev–Trinajstić information content (AvgIpc) is 3.41. The molecule has 0 amide bonds. The summed E-state index contributed by atoms with van der Waals surface area (Å²) >= 11 is 1.32. The number of rotatable bonds is 7. The first kappa shape index (κ1) is 25.7. The molecule has 0 saturated heterocycles. The number of para-hydroxylation sites is 2. The van der Waals surface area contributed by atoms with Crippen molar-refractivity contribution in [1.82, 2.24) is 9.13 Å². The SMILES string of the molecule is CCOC(=O)C1=C(C)N=c2s/c(=C/c3cn(C(C)C)c4ccccc34)c(=O)n2[C@H]1c1ccccc1OCC. The van der Waals surface area contributed by atoms with E-state index in [1.807, 2.05) is 49.4 Å². The lowest BCUT2D eigenvalue weighted by Crippen LogP contribution is -2.40. The van der Waals surface area contributed by atoms with Crippen molar-refractivity contribution in [3.05, 3.63) is 96.8 Å². The number of allylic oxidation sites excluding steroid dienone is 1. The van der Waals surface area contributed by atoms with Gasteiger partial charge >= 0.3 is 5.97 Å². The van der Waals surface area contributed by atoms with E-state index in [1.54, 1.807) is 18.4 Å². The first-order valence-electron chi connectivity index (χ1n) is 12.9. The van der Waals surface area contributed by atoms with Gasteiger partial charge in [0.1, 0.15) is 11.8 Å². The Morgan fingerprint density at radius 3 is 2.58 bits per heavy atom. The maximum atomic E-state index is 14.0. The number of carbonyl (C=O) groups is 1. The molecule has 5 rings (SSSR count). The molecule has 0 radical (unpaired) electrons. The molecule has 1 aliphatic rings. The van der Waals surface area contributed by atoms with Gasteiger partial charge in [0.05, 0.1) is 29.0 Å². The lowest BCUT2D eigenvalue weighted by atomic mass is 9.95. The number of carbonyl (C=O) groups excluding carboxylic acids is 1. The third kappa shape index (κ3) is 4.39. The number of hydrogen-bond donors (Lipinski definition) is 0. The fourth-order valence-corrected chi connectivity index (χ4v) is 6.03. The molecule has 38 heavy (non-hydrogen) atoms. The van der Waals surface area contributed by atoms with Gasteiger partial charge in [0.25, 0.3) is 5.56 Å². The van der Waals surface area contributed by atoms with Crippen molar-refractivity contribution >= 4 is 34.3 Å². The summed E-state index contributed by atoms with van der Waals surface area (Å²) in [5, 5.41) is 1.08. The summed E-state index contributed by atoms with van der Waals surface area (Å²) in [5.74, 6) is 0.130. The molecular formula is C30H31N3O4S. The Kier molecular flexibility index (Phi) is 7.08. The van der Waals surface area contributed by atoms with Gasteiger partial charge < -0.3 is 14.0 Å². The van der Waals surface area contributed by atoms with Crippen molar-refractivity contribution in [1.29, 1.82) is 0 Å². The van der Waals surface area contributed by atoms with Gasteiger partial charge in [-0.05, 0) is 52.8 Å². The molecule has 1 aliphatic heterocycles. The lowest BCUT2D eigenvalue weighted by Gasteiger charge is -2.26. The minimum atomic E-state index is -0.716. The van der Waals surface area contributed by atoms with Crippen molar-refractivity contribution in [3.63, 3.8) is 0 Å². The maximum absolute atomic E-state index is 14.0. The van der Waals surface area contributed by atoms with E-state index in [0.29, 0.717) is 33.0 Å². The van der Waals surface area contributed by atoms with Crippen LogP contribution in [0, 0.1) is 0 Å². The molecule has 0 unspecified atom stereocenters. The minimum Gasteiger partial charge on any atom is -0.494 e. The van der Waals surface area contributed by atoms with Gasteiger partial charge in [0.2, 0.25) is 0 Å². The number of fused-ring (bicyclic) bond motifs is 2. The smallest absolute Gasteiger partial charge is 0.338 e. The van der Waals surface area contributed by atoms with Crippen LogP contribution in [0.3, 0.4) is 0 Å². The standard InChI is InChI=1S/C30H31N3O4S/c1-6-36-24-15-11-9-13-22(24)27-26(29(35)37-7-2)19(5)31-30-33(27)28(34)25(38-30)16-20-17-32(18(3)4)23-14-10-8-12-21(20)23/h8-18,27H,6-7H2,1-5H3/b25-16+/t27-/m0/s1. The first-order valence-corrected chi connectivity index (χ1v) is 13.7. The number of benzene rings is 2. The Morgan fingerprint density at radius 1 is 1.11 bits per heavy atom. The molecule has 8 heteroatoms. The third-order valence-corrected chi connectivity index (χ3v) is 7.63. The molecule has 1 atom stereocenters. The van der Waals surface area contributed by atoms with Crippen LogP contribution in [0.5, 0.6) is 5.75 Å². The second-order valence-corrected chi connectivity index (χ2v) is 10.4. The molecule has 7 nitrogen and oxygen atoms in total. The van der Waals surface area contributed by atoms with E-state index in [-0.39, 0.29) is 18.2 Å². The highest BCUT2D eigenvalue weighted by molar-refractivity contribution is 7.07. The van der Waals surface area contributed by atoms with E-state index < -0.39 is 12.0 Å². The normalized spacial score (nSPS) is 15.6. The van der Waals surface area contributed by atoms with Gasteiger partial charge in [0, 0.05) is 34.3 Å². The van der Waals surface area contributed by atoms with E-state index >= 15 is 0 Å². The molecule has 3 heterocycles. The molecular weight excluding hydrogens is 498 g/mol. The van der Waals surface area contributed by atoms with Crippen LogP contribution in [0.1, 0.15) is 57.8 Å². The Balaban J connectivity index is 1.77. The van der Waals surface area contributed by atoms with Crippen molar-refractivity contribution in [2.75, 3.05) is 13.2 Å². The summed E-state index contributed by atoms with van der Waals surface area (Å²) in [6.07, 6.45) is 4.02. The van der Waals surface area contributed by atoms with Crippen molar-refractivity contribution in [2.45, 2.75) is 46.7 Å². The monoisotopic (exact) mass is 529 g/mol. The van der Waals surface area contributed by atoms with Crippen LogP contribution >= 0.6 is 11.3 Å². The molecule has 0 saturated carbocycles. The highest BCUT2D eigenvalue weighted by Crippen LogP contribution is 2.36. The van der Waals surface area contributed by atoms with Crippen LogP contribution in [-0.4, -0.2) is 28.3 Å². The summed E-state index contributed by atoms with van der Waals surface area (Å²) < 4.78 is 15.7. The van der Waals surface area contributed by atoms with E-state index in [4.69, 9.17) is 14.5 Å². The van der Waals surface area contributed by atoms with Crippen LogP contribution in [0.4, 0.5) is 0 Å². The predicted octanol–water partition coefficient (Wildman–Crippen LogP) is 4.73. The number of thiazole rings is 1. The van der Waals surface area contributed by atoms with Gasteiger partial charge in [-0.25, -0.2) is 9.79 Å². The van der Waals surface area contributed by atoms with E-state index in [9.17, 15) is 9.59 Å². The second-order valence-electron chi connectivity index (χ2n) is 9.38. The van der Waals surface area contributed by atoms with Crippen LogP contribution in [0.2, 0.25) is 0 Å². The largest absolute Gasteiger partial charge is 0.494 e. The molecule has 0 fully saturated rings. The fraction of sp³-hybridized carbons (Fsp3) is 0.300. The number of esters is 1. The van der Waals surface area contributed by atoms with Crippen molar-refractivity contribution in [2.24, 2.45) is 4.99 Å². The van der Waals surface area contributed by atoms with E-state index in [2.05, 4.69) is 36.7 Å². The van der Waals surface area contributed by atoms with Crippen LogP contribution in [0.25, 0.3) is 17.0 Å². The summed E-state index contributed by atoms with van der Waals surface area (Å²) in [6, 6.07) is 15.2. The lowest BCUT2D eigenvalue weighted by molar-refractivity contribution is -0.139. The van der Waals surface area contributed by atoms with Crippen LogP contribution < -0.4 is 19.6 Å². The molecule has 0 aliphatic carbocycles. The molecule has 2 aromatic heterocycles. The summed E-state index contributed by atoms with van der Waals surface area (Å²) in [5.41, 5.74) is 3.47. The minimum absolute atomic E-state index is 0.208. The summed E-state index contributed by atoms with van der Waals surface area (Å²) in [4.78, 5) is 32.5. The molecule has 4 aromatic rings. The number of hydrogen-bond acceptors (Lipinski definition) is 6. The second kappa shape index (κ2) is 10.5. The topological polar surface area (TPSA) is 74.8 Å². The number of aromatic nitrogens is 2. The van der Waals surface area contributed by atoms with Gasteiger partial charge in [-0.1, -0.05) is 47.7 Å². The fourth-order valence-electron chi connectivity index (χ4n) is 4.99. The third-order valence-electron chi connectivity index (χ3n) is 6.64. The predicted molar refractivity (Wildman–Crippen MR) is 150 cm³/mol. The zero-order valence-corrected chi connectivity index (χ0v) is 23.0. The zero-order valence-electron chi connectivity index (χ0n) is 22.2. The van der Waals surface area contributed by atoms with Gasteiger partial charge in [-0.3, -0.25) is 9.36 Å². The summed E-state index contributed by atoms with van der Waals surface area (Å²) in [6.45, 7) is 10.4. The Labute approximate surface area is 225 Å². The Bertz CT molecular complexity index is 1740. The molecule has 0 bridgehead atoms. The molecule has 0 spiro atoms. The molecule has 196 valence electrons. The Hall–Kier alpha value is -3.91. The molecule has 0 N–H and O–H groups in total. The highest BCUT2D eigenvalue weighted by atomic mass is 32.1. The zero-order chi connectivity index (χ0) is 27.0. The van der Waals surface area contributed by atoms with E-state index in [0.717, 1.165) is 22.0 Å². The number of ether oxygens (including phenoxy) is 2. The first-order chi connectivity index (χ1) is 18.3. The maximum Gasteiger partial charge on any atom is 0.338 e.